The highest BCUT2D eigenvalue weighted by molar-refractivity contribution is 5.80. The summed E-state index contributed by atoms with van der Waals surface area (Å²) >= 11 is 0. The van der Waals surface area contributed by atoms with Crippen LogP contribution in [0.3, 0.4) is 0 Å². The van der Waals surface area contributed by atoms with Crippen LogP contribution in [0.15, 0.2) is 30.3 Å². The van der Waals surface area contributed by atoms with E-state index >= 15 is 0 Å². The molecule has 0 saturated carbocycles. The van der Waals surface area contributed by atoms with Crippen molar-refractivity contribution in [2.24, 2.45) is 11.7 Å². The number of nitrogens with zero attached hydrogens (tertiary/aromatic N) is 1. The molecule has 114 valence electrons. The SMILES string of the molecule is NCCN(Cc1ccccc1)C(=O)C1CCOC(=O)CC1. The predicted molar refractivity (Wildman–Crippen MR) is 79.2 cm³/mol. The van der Waals surface area contributed by atoms with Gasteiger partial charge in [-0.25, -0.2) is 0 Å². The highest BCUT2D eigenvalue weighted by Gasteiger charge is 2.27. The predicted octanol–water partition coefficient (Wildman–Crippen LogP) is 1.32. The minimum atomic E-state index is -0.210. The van der Waals surface area contributed by atoms with Crippen molar-refractivity contribution in [3.63, 3.8) is 0 Å². The lowest BCUT2D eigenvalue weighted by atomic mass is 9.98. The molecule has 1 aromatic carbocycles. The second kappa shape index (κ2) is 7.78. The van der Waals surface area contributed by atoms with Crippen LogP contribution in [-0.2, 0) is 20.9 Å². The summed E-state index contributed by atoms with van der Waals surface area (Å²) in [6, 6.07) is 9.86. The maximum Gasteiger partial charge on any atom is 0.305 e. The van der Waals surface area contributed by atoms with E-state index in [1.165, 1.54) is 0 Å². The highest BCUT2D eigenvalue weighted by Crippen LogP contribution is 2.20. The monoisotopic (exact) mass is 290 g/mol. The van der Waals surface area contributed by atoms with Gasteiger partial charge in [0, 0.05) is 32.0 Å². The largest absolute Gasteiger partial charge is 0.466 e. The molecule has 1 heterocycles. The van der Waals surface area contributed by atoms with E-state index in [0.29, 0.717) is 45.5 Å². The first-order chi connectivity index (χ1) is 10.2. The van der Waals surface area contributed by atoms with Gasteiger partial charge in [-0.2, -0.15) is 0 Å². The Bertz CT molecular complexity index is 476. The van der Waals surface area contributed by atoms with E-state index < -0.39 is 0 Å². The third-order valence-electron chi connectivity index (χ3n) is 3.70. The normalized spacial score (nSPS) is 18.7. The molecule has 1 amide bonds. The Morgan fingerprint density at radius 3 is 2.76 bits per heavy atom. The van der Waals surface area contributed by atoms with E-state index in [-0.39, 0.29) is 17.8 Å². The third kappa shape index (κ3) is 4.56. The van der Waals surface area contributed by atoms with Gasteiger partial charge >= 0.3 is 5.97 Å². The van der Waals surface area contributed by atoms with Crippen LogP contribution in [-0.4, -0.2) is 36.5 Å². The summed E-state index contributed by atoms with van der Waals surface area (Å²) in [5, 5.41) is 0. The third-order valence-corrected chi connectivity index (χ3v) is 3.70. The number of hydrogen-bond acceptors (Lipinski definition) is 4. The van der Waals surface area contributed by atoms with Gasteiger partial charge in [0.25, 0.3) is 0 Å². The van der Waals surface area contributed by atoms with Gasteiger partial charge in [0.1, 0.15) is 0 Å². The van der Waals surface area contributed by atoms with Crippen molar-refractivity contribution in [3.8, 4) is 0 Å². The summed E-state index contributed by atoms with van der Waals surface area (Å²) in [6.45, 7) is 1.85. The van der Waals surface area contributed by atoms with E-state index in [1.807, 2.05) is 30.3 Å². The first kappa shape index (κ1) is 15.5. The molecule has 1 unspecified atom stereocenters. The average Bonchev–Trinajstić information content (AvgIpc) is 2.72. The van der Waals surface area contributed by atoms with Gasteiger partial charge in [-0.3, -0.25) is 9.59 Å². The molecular formula is C16H22N2O3. The number of ether oxygens (including phenoxy) is 1. The minimum Gasteiger partial charge on any atom is -0.466 e. The first-order valence-corrected chi connectivity index (χ1v) is 7.39. The fourth-order valence-electron chi connectivity index (χ4n) is 2.56. The molecule has 21 heavy (non-hydrogen) atoms. The van der Waals surface area contributed by atoms with Crippen molar-refractivity contribution < 1.29 is 14.3 Å². The topological polar surface area (TPSA) is 72.6 Å². The lowest BCUT2D eigenvalue weighted by Crippen LogP contribution is -2.39. The first-order valence-electron chi connectivity index (χ1n) is 7.39. The maximum atomic E-state index is 12.7. The van der Waals surface area contributed by atoms with Gasteiger partial charge in [0.2, 0.25) is 5.91 Å². The quantitative estimate of drug-likeness (QED) is 0.830. The zero-order chi connectivity index (χ0) is 15.1. The Morgan fingerprint density at radius 2 is 2.05 bits per heavy atom. The summed E-state index contributed by atoms with van der Waals surface area (Å²) in [6.07, 6.45) is 1.48. The van der Waals surface area contributed by atoms with Crippen molar-refractivity contribution >= 4 is 11.9 Å². The number of carbonyl (C=O) groups is 2. The summed E-state index contributed by atoms with van der Waals surface area (Å²) in [7, 11) is 0. The molecule has 5 heteroatoms. The molecule has 2 N–H and O–H groups in total. The number of hydrogen-bond donors (Lipinski definition) is 1. The van der Waals surface area contributed by atoms with Gasteiger partial charge in [-0.15, -0.1) is 0 Å². The molecular weight excluding hydrogens is 268 g/mol. The Labute approximate surface area is 125 Å². The van der Waals surface area contributed by atoms with E-state index in [0.717, 1.165) is 5.56 Å². The van der Waals surface area contributed by atoms with Crippen molar-refractivity contribution in [3.05, 3.63) is 35.9 Å². The molecule has 1 aliphatic rings. The van der Waals surface area contributed by atoms with Crippen molar-refractivity contribution in [2.45, 2.75) is 25.8 Å². The van der Waals surface area contributed by atoms with Gasteiger partial charge in [0.15, 0.2) is 0 Å². The molecule has 1 aromatic rings. The van der Waals surface area contributed by atoms with Crippen LogP contribution < -0.4 is 5.73 Å². The average molecular weight is 290 g/mol. The standard InChI is InChI=1S/C16H22N2O3/c17-9-10-18(12-13-4-2-1-3-5-13)16(20)14-6-7-15(19)21-11-8-14/h1-5,14H,6-12,17H2. The Kier molecular flexibility index (Phi) is 5.75. The second-order valence-corrected chi connectivity index (χ2v) is 5.28. The molecule has 0 bridgehead atoms. The molecule has 1 fully saturated rings. The van der Waals surface area contributed by atoms with Crippen LogP contribution in [0.25, 0.3) is 0 Å². The molecule has 0 aromatic heterocycles. The van der Waals surface area contributed by atoms with Crippen LogP contribution in [0.4, 0.5) is 0 Å². The molecule has 1 atom stereocenters. The second-order valence-electron chi connectivity index (χ2n) is 5.28. The van der Waals surface area contributed by atoms with Crippen LogP contribution in [0.2, 0.25) is 0 Å². The molecule has 0 spiro atoms. The molecule has 5 nitrogen and oxygen atoms in total. The van der Waals surface area contributed by atoms with Crippen LogP contribution >= 0.6 is 0 Å². The van der Waals surface area contributed by atoms with Crippen molar-refractivity contribution in [1.29, 1.82) is 0 Å². The minimum absolute atomic E-state index is 0.0719. The number of rotatable bonds is 5. The number of carbonyl (C=O) groups excluding carboxylic acids is 2. The Morgan fingerprint density at radius 1 is 1.29 bits per heavy atom. The number of esters is 1. The number of cyclic esters (lactones) is 1. The van der Waals surface area contributed by atoms with Crippen molar-refractivity contribution in [1.82, 2.24) is 4.90 Å². The maximum absolute atomic E-state index is 12.7. The molecule has 0 radical (unpaired) electrons. The van der Waals surface area contributed by atoms with E-state index in [1.54, 1.807) is 4.90 Å². The Hall–Kier alpha value is -1.88. The molecule has 0 aliphatic carbocycles. The van der Waals surface area contributed by atoms with Gasteiger partial charge in [-0.1, -0.05) is 30.3 Å². The number of amides is 1. The fourth-order valence-corrected chi connectivity index (χ4v) is 2.56. The molecule has 2 rings (SSSR count). The number of benzene rings is 1. The van der Waals surface area contributed by atoms with Gasteiger partial charge in [0.05, 0.1) is 6.61 Å². The summed E-state index contributed by atoms with van der Waals surface area (Å²) in [4.78, 5) is 25.7. The van der Waals surface area contributed by atoms with Crippen LogP contribution in [0.1, 0.15) is 24.8 Å². The fraction of sp³-hybridized carbons (Fsp3) is 0.500. The zero-order valence-electron chi connectivity index (χ0n) is 12.2. The lowest BCUT2D eigenvalue weighted by molar-refractivity contribution is -0.142. The summed E-state index contributed by atoms with van der Waals surface area (Å²) in [5.41, 5.74) is 6.71. The number of nitrogens with two attached hydrogens (primary N) is 1. The highest BCUT2D eigenvalue weighted by atomic mass is 16.5. The lowest BCUT2D eigenvalue weighted by Gasteiger charge is -2.26. The van der Waals surface area contributed by atoms with Crippen LogP contribution in [0.5, 0.6) is 0 Å². The zero-order valence-corrected chi connectivity index (χ0v) is 12.2. The van der Waals surface area contributed by atoms with Gasteiger partial charge < -0.3 is 15.4 Å². The van der Waals surface area contributed by atoms with E-state index in [9.17, 15) is 9.59 Å². The smallest absolute Gasteiger partial charge is 0.305 e. The van der Waals surface area contributed by atoms with Crippen LogP contribution in [0, 0.1) is 5.92 Å². The van der Waals surface area contributed by atoms with E-state index in [2.05, 4.69) is 0 Å². The van der Waals surface area contributed by atoms with Gasteiger partial charge in [-0.05, 0) is 18.4 Å². The Balaban J connectivity index is 2.02. The summed E-state index contributed by atoms with van der Waals surface area (Å²) in [5.74, 6) is -0.284. The van der Waals surface area contributed by atoms with E-state index in [4.69, 9.17) is 10.5 Å². The van der Waals surface area contributed by atoms with Crippen molar-refractivity contribution in [2.75, 3.05) is 19.7 Å². The summed E-state index contributed by atoms with van der Waals surface area (Å²) < 4.78 is 5.01. The molecule has 1 saturated heterocycles. The molecule has 1 aliphatic heterocycles.